The lowest BCUT2D eigenvalue weighted by Gasteiger charge is -2.19. The molecule has 0 aliphatic rings. The number of halogens is 1. The fourth-order valence-corrected chi connectivity index (χ4v) is 0. The van der Waals surface area contributed by atoms with E-state index in [-0.39, 0.29) is 4.50 Å². The zero-order valence-corrected chi connectivity index (χ0v) is 8.21. The van der Waals surface area contributed by atoms with Gasteiger partial charge in [-0.15, -0.1) is 11.6 Å². The highest BCUT2D eigenvalue weighted by Crippen LogP contribution is 2.18. The third-order valence-electron chi connectivity index (χ3n) is 1.37. The summed E-state index contributed by atoms with van der Waals surface area (Å²) in [5.41, 5.74) is 0. The lowest BCUT2D eigenvalue weighted by Crippen LogP contribution is -2.23. The van der Waals surface area contributed by atoms with E-state index in [0.717, 1.165) is 10.2 Å². The minimum atomic E-state index is 0.111. The zero-order chi connectivity index (χ0) is 6.08. The molecular weight excluding hydrogens is 124 g/mol. The maximum atomic E-state index is 5.93. The minimum Gasteiger partial charge on any atom is -0.124 e. The van der Waals surface area contributed by atoms with Crippen molar-refractivity contribution in [3.05, 3.63) is 0 Å². The van der Waals surface area contributed by atoms with Gasteiger partial charge in [-0.2, -0.15) is 0 Å². The van der Waals surface area contributed by atoms with Gasteiger partial charge in [-0.3, -0.25) is 0 Å². The van der Waals surface area contributed by atoms with E-state index in [0.29, 0.717) is 5.92 Å². The predicted octanol–water partition coefficient (Wildman–Crippen LogP) is 0.963. The molecule has 44 valence electrons. The van der Waals surface area contributed by atoms with E-state index in [4.69, 9.17) is 11.6 Å². The van der Waals surface area contributed by atoms with E-state index in [1.807, 2.05) is 0 Å². The van der Waals surface area contributed by atoms with Crippen LogP contribution in [0.4, 0.5) is 0 Å². The summed E-state index contributed by atoms with van der Waals surface area (Å²) in [7, 11) is 1.08. The third-order valence-corrected chi connectivity index (χ3v) is 2.96. The predicted molar refractivity (Wildman–Crippen MR) is 39.0 cm³/mol. The summed E-state index contributed by atoms with van der Waals surface area (Å²) in [5, 5.41) is 0. The average Bonchev–Trinajstić information content (AvgIpc) is 1.31. The molecule has 1 atom stereocenters. The van der Waals surface area contributed by atoms with Gasteiger partial charge in [0.05, 0.1) is 0 Å². The summed E-state index contributed by atoms with van der Waals surface area (Å²) in [6.45, 7) is 6.39. The van der Waals surface area contributed by atoms with Gasteiger partial charge < -0.3 is 0 Å². The Morgan fingerprint density at radius 3 is 1.71 bits per heavy atom. The van der Waals surface area contributed by atoms with Crippen molar-refractivity contribution in [1.29, 1.82) is 0 Å². The molecule has 0 heterocycles. The molecule has 0 amide bonds. The normalized spacial score (nSPS) is 20.1. The molecule has 1 unspecified atom stereocenters. The maximum Gasteiger partial charge on any atom is 0.0293 e. The second-order valence-electron chi connectivity index (χ2n) is 2.72. The molecule has 0 N–H and O–H groups in total. The van der Waals surface area contributed by atoms with E-state index in [1.165, 1.54) is 0 Å². The molecule has 0 aromatic rings. The largest absolute Gasteiger partial charge is 0.124 e. The van der Waals surface area contributed by atoms with Crippen LogP contribution in [-0.2, 0) is 0 Å². The van der Waals surface area contributed by atoms with Gasteiger partial charge in [-0.05, 0) is 12.8 Å². The van der Waals surface area contributed by atoms with E-state index >= 15 is 0 Å². The molecule has 7 heavy (non-hydrogen) atoms. The second kappa shape index (κ2) is 2.18. The van der Waals surface area contributed by atoms with Crippen molar-refractivity contribution in [1.82, 2.24) is 0 Å². The Hall–Kier alpha value is 0.507. The van der Waals surface area contributed by atoms with Gasteiger partial charge in [-0.25, -0.2) is 0 Å². The fraction of sp³-hybridized carbons (Fsp3) is 1.00. The highest BCUT2D eigenvalue weighted by Gasteiger charge is 2.16. The lowest BCUT2D eigenvalue weighted by molar-refractivity contribution is 0.586. The van der Waals surface area contributed by atoms with Crippen molar-refractivity contribution in [2.75, 3.05) is 0 Å². The molecule has 0 aromatic carbocycles. The van der Waals surface area contributed by atoms with Crippen LogP contribution in [0.15, 0.2) is 0 Å². The number of alkyl halides is 1. The van der Waals surface area contributed by atoms with Crippen LogP contribution in [0.5, 0.6) is 0 Å². The monoisotopic (exact) mass is 136 g/mol. The summed E-state index contributed by atoms with van der Waals surface area (Å²) in [6.07, 6.45) is 0. The molecule has 0 radical (unpaired) electrons. The molecule has 0 nitrogen and oxygen atoms in total. The summed E-state index contributed by atoms with van der Waals surface area (Å²) in [5.74, 6) is 0.626. The standard InChI is InChI=1S/C5H13ClSi/c1-4(2)5(3,6)7/h4H,1-3,7H3. The topological polar surface area (TPSA) is 0 Å². The van der Waals surface area contributed by atoms with Crippen LogP contribution in [0.2, 0.25) is 0 Å². The summed E-state index contributed by atoms with van der Waals surface area (Å²) in [4.78, 5) is 0. The summed E-state index contributed by atoms with van der Waals surface area (Å²) >= 11 is 5.93. The van der Waals surface area contributed by atoms with Gasteiger partial charge in [0.15, 0.2) is 0 Å². The molecule has 0 saturated carbocycles. The van der Waals surface area contributed by atoms with Crippen LogP contribution in [0.1, 0.15) is 20.8 Å². The van der Waals surface area contributed by atoms with E-state index in [1.54, 1.807) is 0 Å². The van der Waals surface area contributed by atoms with Crippen LogP contribution in [0.25, 0.3) is 0 Å². The second-order valence-corrected chi connectivity index (χ2v) is 6.40. The zero-order valence-electron chi connectivity index (χ0n) is 5.46. The fourth-order valence-electron chi connectivity index (χ4n) is 0. The summed E-state index contributed by atoms with van der Waals surface area (Å²) in [6, 6.07) is 0. The Bertz CT molecular complexity index is 53.6. The Morgan fingerprint density at radius 1 is 1.57 bits per heavy atom. The number of hydrogen-bond donors (Lipinski definition) is 0. The van der Waals surface area contributed by atoms with Crippen LogP contribution < -0.4 is 0 Å². The molecule has 0 rings (SSSR count). The van der Waals surface area contributed by atoms with Crippen LogP contribution in [0.3, 0.4) is 0 Å². The number of hydrogen-bond acceptors (Lipinski definition) is 0. The van der Waals surface area contributed by atoms with Crippen molar-refractivity contribution in [2.45, 2.75) is 25.3 Å². The Balaban J connectivity index is 3.54. The first-order valence-corrected chi connectivity index (χ1v) is 4.01. The van der Waals surface area contributed by atoms with Crippen molar-refractivity contribution in [3.8, 4) is 0 Å². The molecule has 0 saturated heterocycles. The van der Waals surface area contributed by atoms with Gasteiger partial charge in [0.25, 0.3) is 0 Å². The SMILES string of the molecule is CC(C)C(C)([SiH3])Cl. The van der Waals surface area contributed by atoms with Crippen LogP contribution in [-0.4, -0.2) is 14.7 Å². The lowest BCUT2D eigenvalue weighted by atomic mass is 10.1. The van der Waals surface area contributed by atoms with Crippen molar-refractivity contribution >= 4 is 21.8 Å². The van der Waals surface area contributed by atoms with Crippen LogP contribution >= 0.6 is 11.6 Å². The van der Waals surface area contributed by atoms with Gasteiger partial charge in [0.2, 0.25) is 0 Å². The number of rotatable bonds is 1. The quantitative estimate of drug-likeness (QED) is 0.372. The first kappa shape index (κ1) is 7.51. The molecule has 0 aromatic heterocycles. The smallest absolute Gasteiger partial charge is 0.0293 e. The molecule has 0 spiro atoms. The van der Waals surface area contributed by atoms with Crippen molar-refractivity contribution in [3.63, 3.8) is 0 Å². The molecule has 0 bridgehead atoms. The Morgan fingerprint density at radius 2 is 1.71 bits per heavy atom. The minimum absolute atomic E-state index is 0.111. The van der Waals surface area contributed by atoms with E-state index in [9.17, 15) is 0 Å². The first-order valence-electron chi connectivity index (χ1n) is 2.63. The Kier molecular flexibility index (Phi) is 2.34. The first-order chi connectivity index (χ1) is 2.94. The maximum absolute atomic E-state index is 5.93. The van der Waals surface area contributed by atoms with Gasteiger partial charge >= 0.3 is 0 Å². The summed E-state index contributed by atoms with van der Waals surface area (Å²) < 4.78 is 0.111. The molecule has 0 aliphatic carbocycles. The highest BCUT2D eigenvalue weighted by molar-refractivity contribution is 6.44. The average molecular weight is 137 g/mol. The van der Waals surface area contributed by atoms with Crippen molar-refractivity contribution < 1.29 is 0 Å². The Labute approximate surface area is 53.7 Å². The van der Waals surface area contributed by atoms with E-state index in [2.05, 4.69) is 20.8 Å². The molecule has 2 heteroatoms. The van der Waals surface area contributed by atoms with Gasteiger partial charge in [-0.1, -0.05) is 13.8 Å². The highest BCUT2D eigenvalue weighted by atomic mass is 35.5. The molecular formula is C5H13ClSi. The molecule has 0 fully saturated rings. The third kappa shape index (κ3) is 3.12. The molecule has 0 aliphatic heterocycles. The van der Waals surface area contributed by atoms with Crippen LogP contribution in [0, 0.1) is 5.92 Å². The van der Waals surface area contributed by atoms with Gasteiger partial charge in [0, 0.05) is 14.7 Å². The van der Waals surface area contributed by atoms with Gasteiger partial charge in [0.1, 0.15) is 0 Å². The van der Waals surface area contributed by atoms with E-state index < -0.39 is 0 Å². The van der Waals surface area contributed by atoms with Crippen molar-refractivity contribution in [2.24, 2.45) is 5.92 Å².